The van der Waals surface area contributed by atoms with Crippen molar-refractivity contribution in [1.29, 1.82) is 0 Å². The van der Waals surface area contributed by atoms with E-state index in [4.69, 9.17) is 0 Å². The number of hydrogen-bond donors (Lipinski definition) is 1. The molecule has 2 rings (SSSR count). The minimum Gasteiger partial charge on any atom is -0.353 e. The standard InChI is InChI=1S/C13H20N6/c1-18(11-12-7-4-3-5-8-12)10-6-9-14-13-15-16-17-19(13)2/h3-5,7-8H,6,9-11H2,1-2H3,(H,14,15,17). The molecule has 0 aliphatic rings. The smallest absolute Gasteiger partial charge is 0.242 e. The Morgan fingerprint density at radius 3 is 2.74 bits per heavy atom. The molecule has 0 amide bonds. The van der Waals surface area contributed by atoms with Crippen LogP contribution < -0.4 is 5.32 Å². The fourth-order valence-corrected chi connectivity index (χ4v) is 1.90. The van der Waals surface area contributed by atoms with Gasteiger partial charge in [0.05, 0.1) is 0 Å². The van der Waals surface area contributed by atoms with E-state index in [9.17, 15) is 0 Å². The van der Waals surface area contributed by atoms with Crippen molar-refractivity contribution < 1.29 is 0 Å². The number of nitrogens with zero attached hydrogens (tertiary/aromatic N) is 5. The molecule has 19 heavy (non-hydrogen) atoms. The van der Waals surface area contributed by atoms with Crippen LogP contribution in [-0.4, -0.2) is 45.2 Å². The number of anilines is 1. The quantitative estimate of drug-likeness (QED) is 0.757. The van der Waals surface area contributed by atoms with E-state index >= 15 is 0 Å². The molecule has 0 aliphatic heterocycles. The molecule has 0 radical (unpaired) electrons. The van der Waals surface area contributed by atoms with Crippen LogP contribution in [0.25, 0.3) is 0 Å². The van der Waals surface area contributed by atoms with Gasteiger partial charge in [0.1, 0.15) is 0 Å². The molecular weight excluding hydrogens is 240 g/mol. The van der Waals surface area contributed by atoms with Crippen LogP contribution in [0.15, 0.2) is 30.3 Å². The molecule has 102 valence electrons. The first kappa shape index (κ1) is 13.5. The number of nitrogens with one attached hydrogen (secondary N) is 1. The fourth-order valence-electron chi connectivity index (χ4n) is 1.90. The molecular formula is C13H20N6. The molecule has 1 aromatic carbocycles. The van der Waals surface area contributed by atoms with E-state index in [1.807, 2.05) is 13.1 Å². The van der Waals surface area contributed by atoms with Crippen LogP contribution in [0.2, 0.25) is 0 Å². The lowest BCUT2D eigenvalue weighted by Crippen LogP contribution is -2.21. The minimum absolute atomic E-state index is 0.714. The molecule has 0 saturated carbocycles. The van der Waals surface area contributed by atoms with Crippen molar-refractivity contribution in [2.75, 3.05) is 25.5 Å². The highest BCUT2D eigenvalue weighted by atomic mass is 15.6. The molecule has 1 heterocycles. The van der Waals surface area contributed by atoms with Crippen LogP contribution in [0.5, 0.6) is 0 Å². The molecule has 1 aromatic heterocycles. The Balaban J connectivity index is 1.64. The van der Waals surface area contributed by atoms with Crippen molar-refractivity contribution in [3.63, 3.8) is 0 Å². The zero-order valence-electron chi connectivity index (χ0n) is 11.5. The van der Waals surface area contributed by atoms with Gasteiger partial charge in [0, 0.05) is 20.1 Å². The lowest BCUT2D eigenvalue weighted by molar-refractivity contribution is 0.325. The first-order chi connectivity index (χ1) is 9.25. The highest BCUT2D eigenvalue weighted by molar-refractivity contribution is 5.20. The van der Waals surface area contributed by atoms with Crippen molar-refractivity contribution in [2.45, 2.75) is 13.0 Å². The summed E-state index contributed by atoms with van der Waals surface area (Å²) in [7, 11) is 3.96. The number of tetrazole rings is 1. The van der Waals surface area contributed by atoms with Crippen LogP contribution >= 0.6 is 0 Å². The van der Waals surface area contributed by atoms with Crippen molar-refractivity contribution in [1.82, 2.24) is 25.1 Å². The van der Waals surface area contributed by atoms with Crippen LogP contribution in [0.3, 0.4) is 0 Å². The summed E-state index contributed by atoms with van der Waals surface area (Å²) in [6, 6.07) is 10.5. The maximum Gasteiger partial charge on any atom is 0.242 e. The summed E-state index contributed by atoms with van der Waals surface area (Å²) in [5.74, 6) is 0.714. The molecule has 0 fully saturated rings. The van der Waals surface area contributed by atoms with E-state index < -0.39 is 0 Å². The molecule has 0 aliphatic carbocycles. The average molecular weight is 260 g/mol. The highest BCUT2D eigenvalue weighted by Crippen LogP contribution is 2.03. The Kier molecular flexibility index (Phi) is 4.85. The molecule has 0 spiro atoms. The van der Waals surface area contributed by atoms with Gasteiger partial charge in [-0.25, -0.2) is 4.68 Å². The van der Waals surface area contributed by atoms with Gasteiger partial charge in [0.25, 0.3) is 0 Å². The SMILES string of the molecule is CN(CCCNc1nnnn1C)Cc1ccccc1. The highest BCUT2D eigenvalue weighted by Gasteiger charge is 2.02. The van der Waals surface area contributed by atoms with E-state index in [1.165, 1.54) is 5.56 Å². The van der Waals surface area contributed by atoms with E-state index in [1.54, 1.807) is 4.68 Å². The Labute approximate surface area is 113 Å². The van der Waals surface area contributed by atoms with Crippen LogP contribution in [-0.2, 0) is 13.6 Å². The van der Waals surface area contributed by atoms with Gasteiger partial charge in [-0.2, -0.15) is 0 Å². The average Bonchev–Trinajstić information content (AvgIpc) is 2.81. The van der Waals surface area contributed by atoms with Gasteiger partial charge in [-0.05, 0) is 36.0 Å². The second kappa shape index (κ2) is 6.84. The third-order valence-corrected chi connectivity index (χ3v) is 2.92. The van der Waals surface area contributed by atoms with Gasteiger partial charge in [-0.15, -0.1) is 0 Å². The summed E-state index contributed by atoms with van der Waals surface area (Å²) in [5.41, 5.74) is 1.34. The molecule has 0 atom stereocenters. The number of benzene rings is 1. The number of aryl methyl sites for hydroxylation is 1. The zero-order chi connectivity index (χ0) is 13.5. The Bertz CT molecular complexity index is 481. The normalized spacial score (nSPS) is 10.9. The van der Waals surface area contributed by atoms with Gasteiger partial charge in [-0.3, -0.25) is 0 Å². The largest absolute Gasteiger partial charge is 0.353 e. The first-order valence-electron chi connectivity index (χ1n) is 6.44. The Hall–Kier alpha value is -1.95. The first-order valence-corrected chi connectivity index (χ1v) is 6.44. The van der Waals surface area contributed by atoms with Crippen molar-refractivity contribution >= 4 is 5.95 Å². The lowest BCUT2D eigenvalue weighted by atomic mass is 10.2. The molecule has 1 N–H and O–H groups in total. The summed E-state index contributed by atoms with van der Waals surface area (Å²) in [6.45, 7) is 2.88. The molecule has 2 aromatic rings. The Morgan fingerprint density at radius 2 is 2.05 bits per heavy atom. The minimum atomic E-state index is 0.714. The maximum atomic E-state index is 3.88. The van der Waals surface area contributed by atoms with Gasteiger partial charge in [-0.1, -0.05) is 35.4 Å². The number of rotatable bonds is 7. The van der Waals surface area contributed by atoms with E-state index in [0.29, 0.717) is 5.95 Å². The summed E-state index contributed by atoms with van der Waals surface area (Å²) in [4.78, 5) is 2.31. The van der Waals surface area contributed by atoms with E-state index in [-0.39, 0.29) is 0 Å². The third kappa shape index (κ3) is 4.33. The predicted octanol–water partition coefficient (Wildman–Crippen LogP) is 1.14. The molecule has 6 nitrogen and oxygen atoms in total. The lowest BCUT2D eigenvalue weighted by Gasteiger charge is -2.16. The molecule has 0 unspecified atom stereocenters. The van der Waals surface area contributed by atoms with Gasteiger partial charge >= 0.3 is 0 Å². The number of aromatic nitrogens is 4. The van der Waals surface area contributed by atoms with Crippen molar-refractivity contribution in [3.05, 3.63) is 35.9 Å². The second-order valence-corrected chi connectivity index (χ2v) is 4.63. The molecule has 0 bridgehead atoms. The van der Waals surface area contributed by atoms with E-state index in [2.05, 4.69) is 57.1 Å². The fraction of sp³-hybridized carbons (Fsp3) is 0.462. The summed E-state index contributed by atoms with van der Waals surface area (Å²) >= 11 is 0. The van der Waals surface area contributed by atoms with Crippen LogP contribution in [0, 0.1) is 0 Å². The third-order valence-electron chi connectivity index (χ3n) is 2.92. The van der Waals surface area contributed by atoms with Gasteiger partial charge in [0.15, 0.2) is 0 Å². The van der Waals surface area contributed by atoms with Gasteiger partial charge in [0.2, 0.25) is 5.95 Å². The summed E-state index contributed by atoms with van der Waals surface area (Å²) in [5, 5.41) is 14.4. The summed E-state index contributed by atoms with van der Waals surface area (Å²) < 4.78 is 1.63. The second-order valence-electron chi connectivity index (χ2n) is 4.63. The van der Waals surface area contributed by atoms with Crippen molar-refractivity contribution in [3.8, 4) is 0 Å². The number of hydrogen-bond acceptors (Lipinski definition) is 5. The topological polar surface area (TPSA) is 58.9 Å². The monoisotopic (exact) mass is 260 g/mol. The predicted molar refractivity (Wildman–Crippen MR) is 74.7 cm³/mol. The van der Waals surface area contributed by atoms with Gasteiger partial charge < -0.3 is 10.2 Å². The maximum absolute atomic E-state index is 3.88. The molecule has 0 saturated heterocycles. The zero-order valence-corrected chi connectivity index (χ0v) is 11.5. The molecule has 6 heteroatoms. The Morgan fingerprint density at radius 1 is 1.26 bits per heavy atom. The summed E-state index contributed by atoms with van der Waals surface area (Å²) in [6.07, 6.45) is 1.05. The van der Waals surface area contributed by atoms with Crippen LogP contribution in [0.1, 0.15) is 12.0 Å². The van der Waals surface area contributed by atoms with Crippen LogP contribution in [0.4, 0.5) is 5.95 Å². The van der Waals surface area contributed by atoms with Crippen molar-refractivity contribution in [2.24, 2.45) is 7.05 Å². The van der Waals surface area contributed by atoms with E-state index in [0.717, 1.165) is 26.1 Å².